The Morgan fingerprint density at radius 1 is 1.06 bits per heavy atom. The zero-order chi connectivity index (χ0) is 22.9. The molecule has 0 saturated heterocycles. The van der Waals surface area contributed by atoms with Gasteiger partial charge >= 0.3 is 0 Å². The van der Waals surface area contributed by atoms with Gasteiger partial charge in [-0.3, -0.25) is 14.0 Å². The number of fused-ring (bicyclic) bond motifs is 3. The Morgan fingerprint density at radius 2 is 1.79 bits per heavy atom. The second kappa shape index (κ2) is 9.02. The molecular formula is C25H27N5O2S. The Balaban J connectivity index is 1.54. The average molecular weight is 462 g/mol. The van der Waals surface area contributed by atoms with Crippen LogP contribution in [0.4, 0.5) is 0 Å². The van der Waals surface area contributed by atoms with Gasteiger partial charge in [0.1, 0.15) is 0 Å². The summed E-state index contributed by atoms with van der Waals surface area (Å²) >= 11 is 1.37. The highest BCUT2D eigenvalue weighted by atomic mass is 32.2. The minimum Gasteiger partial charge on any atom is -0.342 e. The van der Waals surface area contributed by atoms with Crippen molar-refractivity contribution in [2.24, 2.45) is 0 Å². The Morgan fingerprint density at radius 3 is 2.55 bits per heavy atom. The maximum atomic E-state index is 13.4. The fraction of sp³-hybridized carbons (Fsp3) is 0.360. The summed E-state index contributed by atoms with van der Waals surface area (Å²) < 4.78 is 3.48. The molecule has 0 bridgehead atoms. The predicted octanol–water partition coefficient (Wildman–Crippen LogP) is 4.23. The first-order valence-electron chi connectivity index (χ1n) is 11.4. The van der Waals surface area contributed by atoms with E-state index in [0.717, 1.165) is 29.6 Å². The standard InChI is InChI=1S/C25H27N5O2S/c1-17-12-14-19(15-13-17)29-23(32)20-10-6-7-11-21(20)30-24(29)26-27-25(30)33-16-22(31)28(2)18-8-4-3-5-9-18/h6-7,10-15,18H,3-5,8-9,16H2,1-2H3. The van der Waals surface area contributed by atoms with E-state index in [0.29, 0.717) is 22.4 Å². The zero-order valence-electron chi connectivity index (χ0n) is 18.9. The summed E-state index contributed by atoms with van der Waals surface area (Å²) in [5.41, 5.74) is 2.45. The van der Waals surface area contributed by atoms with Gasteiger partial charge < -0.3 is 4.90 Å². The van der Waals surface area contributed by atoms with Gasteiger partial charge in [0.15, 0.2) is 5.16 Å². The Kier molecular flexibility index (Phi) is 5.93. The van der Waals surface area contributed by atoms with Crippen LogP contribution >= 0.6 is 11.8 Å². The first-order valence-corrected chi connectivity index (χ1v) is 12.4. The third-order valence-corrected chi connectivity index (χ3v) is 7.44. The van der Waals surface area contributed by atoms with Crippen LogP contribution in [0.15, 0.2) is 58.5 Å². The van der Waals surface area contributed by atoms with Crippen LogP contribution in [0.2, 0.25) is 0 Å². The monoisotopic (exact) mass is 461 g/mol. The van der Waals surface area contributed by atoms with Gasteiger partial charge in [-0.05, 0) is 44.0 Å². The second-order valence-corrected chi connectivity index (χ2v) is 9.64. The van der Waals surface area contributed by atoms with Crippen molar-refractivity contribution in [1.29, 1.82) is 0 Å². The van der Waals surface area contributed by atoms with Crippen LogP contribution in [0.3, 0.4) is 0 Å². The molecule has 0 spiro atoms. The van der Waals surface area contributed by atoms with Gasteiger partial charge in [-0.15, -0.1) is 10.2 Å². The quantitative estimate of drug-likeness (QED) is 0.416. The van der Waals surface area contributed by atoms with Crippen molar-refractivity contribution in [2.75, 3.05) is 12.8 Å². The lowest BCUT2D eigenvalue weighted by Crippen LogP contribution is -2.39. The molecule has 1 fully saturated rings. The van der Waals surface area contributed by atoms with Gasteiger partial charge in [0.2, 0.25) is 11.7 Å². The van der Waals surface area contributed by atoms with Crippen molar-refractivity contribution in [3.63, 3.8) is 0 Å². The molecule has 0 radical (unpaired) electrons. The van der Waals surface area contributed by atoms with E-state index in [-0.39, 0.29) is 17.2 Å². The first kappa shape index (κ1) is 21.7. The van der Waals surface area contributed by atoms with Crippen LogP contribution in [0, 0.1) is 6.92 Å². The summed E-state index contributed by atoms with van der Waals surface area (Å²) in [5, 5.41) is 9.94. The molecule has 8 heteroatoms. The third-order valence-electron chi connectivity index (χ3n) is 6.53. The van der Waals surface area contributed by atoms with E-state index in [9.17, 15) is 9.59 Å². The van der Waals surface area contributed by atoms with Crippen LogP contribution < -0.4 is 5.56 Å². The fourth-order valence-electron chi connectivity index (χ4n) is 4.60. The maximum Gasteiger partial charge on any atom is 0.267 e. The zero-order valence-corrected chi connectivity index (χ0v) is 19.7. The van der Waals surface area contributed by atoms with Crippen molar-refractivity contribution in [2.45, 2.75) is 50.2 Å². The second-order valence-electron chi connectivity index (χ2n) is 8.70. The summed E-state index contributed by atoms with van der Waals surface area (Å²) in [5.74, 6) is 0.823. The van der Waals surface area contributed by atoms with Gasteiger partial charge in [0.25, 0.3) is 5.56 Å². The molecule has 5 rings (SSSR count). The Hall–Kier alpha value is -3.13. The molecule has 0 N–H and O–H groups in total. The molecule has 2 heterocycles. The van der Waals surface area contributed by atoms with E-state index in [2.05, 4.69) is 10.2 Å². The first-order chi connectivity index (χ1) is 16.0. The molecule has 7 nitrogen and oxygen atoms in total. The lowest BCUT2D eigenvalue weighted by molar-refractivity contribution is -0.129. The number of aryl methyl sites for hydroxylation is 1. The minimum atomic E-state index is -0.140. The number of hydrogen-bond donors (Lipinski definition) is 0. The van der Waals surface area contributed by atoms with Crippen LogP contribution in [-0.4, -0.2) is 48.8 Å². The van der Waals surface area contributed by atoms with Gasteiger partial charge in [-0.25, -0.2) is 4.57 Å². The van der Waals surface area contributed by atoms with Gasteiger partial charge in [0.05, 0.1) is 22.3 Å². The number of rotatable bonds is 5. The molecule has 0 unspecified atom stereocenters. The lowest BCUT2D eigenvalue weighted by atomic mass is 9.94. The summed E-state index contributed by atoms with van der Waals surface area (Å²) in [7, 11) is 1.91. The molecular weight excluding hydrogens is 434 g/mol. The highest BCUT2D eigenvalue weighted by molar-refractivity contribution is 7.99. The van der Waals surface area contributed by atoms with E-state index in [4.69, 9.17) is 0 Å². The smallest absolute Gasteiger partial charge is 0.267 e. The number of hydrogen-bond acceptors (Lipinski definition) is 5. The Bertz CT molecular complexity index is 1370. The van der Waals surface area contributed by atoms with E-state index < -0.39 is 0 Å². The number of thioether (sulfide) groups is 1. The maximum absolute atomic E-state index is 13.4. The topological polar surface area (TPSA) is 72.5 Å². The van der Waals surface area contributed by atoms with Crippen molar-refractivity contribution in [1.82, 2.24) is 24.1 Å². The van der Waals surface area contributed by atoms with Crippen LogP contribution in [0.1, 0.15) is 37.7 Å². The largest absolute Gasteiger partial charge is 0.342 e. The van der Waals surface area contributed by atoms with Crippen molar-refractivity contribution < 1.29 is 4.79 Å². The van der Waals surface area contributed by atoms with Crippen LogP contribution in [-0.2, 0) is 4.79 Å². The summed E-state index contributed by atoms with van der Waals surface area (Å²) in [6.07, 6.45) is 5.79. The predicted molar refractivity (Wildman–Crippen MR) is 131 cm³/mol. The number of para-hydroxylation sites is 1. The Labute approximate surface area is 196 Å². The van der Waals surface area contributed by atoms with Crippen LogP contribution in [0.5, 0.6) is 0 Å². The molecule has 0 atom stereocenters. The molecule has 1 aliphatic carbocycles. The molecule has 4 aromatic rings. The SMILES string of the molecule is Cc1ccc(-n2c(=O)c3ccccc3n3c(SCC(=O)N(C)C4CCCCC4)nnc23)cc1. The van der Waals surface area contributed by atoms with E-state index in [1.807, 2.05) is 71.8 Å². The fourth-order valence-corrected chi connectivity index (χ4v) is 5.46. The molecule has 170 valence electrons. The van der Waals surface area contributed by atoms with E-state index in [1.54, 1.807) is 4.57 Å². The van der Waals surface area contributed by atoms with Gasteiger partial charge in [-0.2, -0.15) is 0 Å². The molecule has 2 aromatic carbocycles. The molecule has 1 amide bonds. The van der Waals surface area contributed by atoms with Gasteiger partial charge in [0, 0.05) is 13.1 Å². The molecule has 33 heavy (non-hydrogen) atoms. The number of carbonyl (C=O) groups is 1. The lowest BCUT2D eigenvalue weighted by Gasteiger charge is -2.31. The molecule has 0 aliphatic heterocycles. The van der Waals surface area contributed by atoms with Crippen molar-refractivity contribution >= 4 is 34.3 Å². The summed E-state index contributed by atoms with van der Waals surface area (Å²) in [6, 6.07) is 15.6. The minimum absolute atomic E-state index is 0.0970. The number of aromatic nitrogens is 4. The number of amides is 1. The number of nitrogens with zero attached hydrogens (tertiary/aromatic N) is 5. The normalized spacial score (nSPS) is 14.7. The molecule has 2 aromatic heterocycles. The molecule has 1 saturated carbocycles. The summed E-state index contributed by atoms with van der Waals surface area (Å²) in [6.45, 7) is 2.01. The molecule has 1 aliphatic rings. The number of carbonyl (C=O) groups excluding carboxylic acids is 1. The van der Waals surface area contributed by atoms with E-state index >= 15 is 0 Å². The van der Waals surface area contributed by atoms with Crippen LogP contribution in [0.25, 0.3) is 22.4 Å². The third kappa shape index (κ3) is 4.04. The average Bonchev–Trinajstić information content (AvgIpc) is 3.27. The highest BCUT2D eigenvalue weighted by Gasteiger charge is 2.23. The van der Waals surface area contributed by atoms with E-state index in [1.165, 1.54) is 31.0 Å². The van der Waals surface area contributed by atoms with Crippen molar-refractivity contribution in [3.8, 4) is 5.69 Å². The number of benzene rings is 2. The van der Waals surface area contributed by atoms with Crippen molar-refractivity contribution in [3.05, 3.63) is 64.4 Å². The highest BCUT2D eigenvalue weighted by Crippen LogP contribution is 2.25. The van der Waals surface area contributed by atoms with Gasteiger partial charge in [-0.1, -0.05) is 60.9 Å². The summed E-state index contributed by atoms with van der Waals surface area (Å²) in [4.78, 5) is 28.2.